The molecule has 0 spiro atoms. The first-order chi connectivity index (χ1) is 13.0. The fourth-order valence-corrected chi connectivity index (χ4v) is 3.94. The lowest BCUT2D eigenvalue weighted by molar-refractivity contribution is -0.00526. The SMILES string of the molecule is CN=C(NCC1(N(C)C)CCOCC1)N1CCN(c2ccc(F)cc2)CC1. The molecular weight excluding hydrogens is 345 g/mol. The van der Waals surface area contributed by atoms with Gasteiger partial charge in [-0.1, -0.05) is 0 Å². The number of nitrogens with one attached hydrogen (secondary N) is 1. The first-order valence-electron chi connectivity index (χ1n) is 9.75. The van der Waals surface area contributed by atoms with E-state index in [0.717, 1.165) is 70.4 Å². The Morgan fingerprint density at radius 3 is 2.33 bits per heavy atom. The molecule has 0 radical (unpaired) electrons. The summed E-state index contributed by atoms with van der Waals surface area (Å²) in [4.78, 5) is 11.4. The lowest BCUT2D eigenvalue weighted by Crippen LogP contribution is -2.59. The molecule has 2 fully saturated rings. The van der Waals surface area contributed by atoms with Crippen LogP contribution in [0.2, 0.25) is 0 Å². The minimum atomic E-state index is -0.190. The molecule has 0 atom stereocenters. The van der Waals surface area contributed by atoms with E-state index in [2.05, 4.69) is 39.1 Å². The zero-order valence-electron chi connectivity index (χ0n) is 16.7. The zero-order chi connectivity index (χ0) is 19.3. The Morgan fingerprint density at radius 2 is 1.78 bits per heavy atom. The maximum Gasteiger partial charge on any atom is 0.193 e. The molecule has 0 unspecified atom stereocenters. The molecule has 3 rings (SSSR count). The maximum absolute atomic E-state index is 13.1. The van der Waals surface area contributed by atoms with E-state index in [-0.39, 0.29) is 11.4 Å². The van der Waals surface area contributed by atoms with Crippen molar-refractivity contribution in [3.8, 4) is 0 Å². The number of benzene rings is 1. The molecule has 0 aliphatic carbocycles. The second-order valence-electron chi connectivity index (χ2n) is 7.58. The number of halogens is 1. The standard InChI is InChI=1S/C20H32FN5O/c1-22-19(23-16-20(24(2)3)8-14-27-15-9-20)26-12-10-25(11-13-26)18-6-4-17(21)5-7-18/h4-7H,8-16H2,1-3H3,(H,22,23). The van der Waals surface area contributed by atoms with Crippen LogP contribution in [0.1, 0.15) is 12.8 Å². The quantitative estimate of drug-likeness (QED) is 0.638. The van der Waals surface area contributed by atoms with Crippen molar-refractivity contribution in [1.29, 1.82) is 0 Å². The minimum Gasteiger partial charge on any atom is -0.381 e. The lowest BCUT2D eigenvalue weighted by atomic mass is 9.88. The van der Waals surface area contributed by atoms with Gasteiger partial charge in [0, 0.05) is 64.2 Å². The molecule has 1 aromatic carbocycles. The van der Waals surface area contributed by atoms with Gasteiger partial charge in [0.1, 0.15) is 5.82 Å². The monoisotopic (exact) mass is 377 g/mol. The van der Waals surface area contributed by atoms with Crippen LogP contribution in [0.3, 0.4) is 0 Å². The fourth-order valence-electron chi connectivity index (χ4n) is 3.94. The zero-order valence-corrected chi connectivity index (χ0v) is 16.7. The number of anilines is 1. The number of ether oxygens (including phenoxy) is 1. The third-order valence-electron chi connectivity index (χ3n) is 5.93. The maximum atomic E-state index is 13.1. The van der Waals surface area contributed by atoms with Gasteiger partial charge in [-0.05, 0) is 51.2 Å². The van der Waals surface area contributed by atoms with Gasteiger partial charge in [0.25, 0.3) is 0 Å². The minimum absolute atomic E-state index is 0.115. The van der Waals surface area contributed by atoms with E-state index in [1.807, 2.05) is 19.2 Å². The topological polar surface area (TPSA) is 43.3 Å². The number of likely N-dealkylation sites (N-methyl/N-ethyl adjacent to an activating group) is 1. The van der Waals surface area contributed by atoms with E-state index in [1.54, 1.807) is 0 Å². The molecular formula is C20H32FN5O. The van der Waals surface area contributed by atoms with Crippen molar-refractivity contribution in [2.75, 3.05) is 72.0 Å². The highest BCUT2D eigenvalue weighted by Gasteiger charge is 2.35. The van der Waals surface area contributed by atoms with Crippen molar-refractivity contribution in [1.82, 2.24) is 15.1 Å². The van der Waals surface area contributed by atoms with Crippen molar-refractivity contribution in [3.05, 3.63) is 30.1 Å². The molecule has 27 heavy (non-hydrogen) atoms. The number of hydrogen-bond donors (Lipinski definition) is 1. The number of rotatable bonds is 4. The molecule has 1 N–H and O–H groups in total. The number of aliphatic imine (C=N–C) groups is 1. The van der Waals surface area contributed by atoms with Gasteiger partial charge in [0.15, 0.2) is 5.96 Å². The predicted octanol–water partition coefficient (Wildman–Crippen LogP) is 1.63. The number of hydrogen-bond acceptors (Lipinski definition) is 4. The van der Waals surface area contributed by atoms with E-state index in [9.17, 15) is 4.39 Å². The fraction of sp³-hybridized carbons (Fsp3) is 0.650. The number of piperazine rings is 1. The van der Waals surface area contributed by atoms with E-state index in [1.165, 1.54) is 12.1 Å². The van der Waals surface area contributed by atoms with E-state index < -0.39 is 0 Å². The van der Waals surface area contributed by atoms with Crippen LogP contribution in [0.25, 0.3) is 0 Å². The van der Waals surface area contributed by atoms with E-state index in [4.69, 9.17) is 4.74 Å². The summed E-state index contributed by atoms with van der Waals surface area (Å²) in [7, 11) is 6.15. The Kier molecular flexibility index (Phi) is 6.55. The second-order valence-corrected chi connectivity index (χ2v) is 7.58. The van der Waals surface area contributed by atoms with Crippen LogP contribution in [0.4, 0.5) is 10.1 Å². The molecule has 2 aliphatic heterocycles. The molecule has 2 aliphatic rings. The molecule has 0 bridgehead atoms. The molecule has 6 nitrogen and oxygen atoms in total. The van der Waals surface area contributed by atoms with Crippen LogP contribution in [-0.4, -0.2) is 88.4 Å². The van der Waals surface area contributed by atoms with Gasteiger partial charge >= 0.3 is 0 Å². The summed E-state index contributed by atoms with van der Waals surface area (Å²) in [5.74, 6) is 0.770. The normalized spacial score (nSPS) is 20.9. The van der Waals surface area contributed by atoms with Crippen molar-refractivity contribution >= 4 is 11.6 Å². The summed E-state index contributed by atoms with van der Waals surface area (Å²) in [6.07, 6.45) is 2.06. The van der Waals surface area contributed by atoms with Crippen LogP contribution in [0, 0.1) is 5.82 Å². The van der Waals surface area contributed by atoms with Crippen molar-refractivity contribution < 1.29 is 9.13 Å². The molecule has 2 heterocycles. The van der Waals surface area contributed by atoms with Crippen molar-refractivity contribution in [2.24, 2.45) is 4.99 Å². The van der Waals surface area contributed by atoms with Crippen LogP contribution < -0.4 is 10.2 Å². The van der Waals surface area contributed by atoms with Crippen LogP contribution >= 0.6 is 0 Å². The molecule has 0 saturated carbocycles. The van der Waals surface area contributed by atoms with Gasteiger partial charge in [-0.2, -0.15) is 0 Å². The van der Waals surface area contributed by atoms with Crippen molar-refractivity contribution in [2.45, 2.75) is 18.4 Å². The van der Waals surface area contributed by atoms with E-state index in [0.29, 0.717) is 0 Å². The molecule has 1 aromatic rings. The van der Waals surface area contributed by atoms with Gasteiger partial charge in [0.2, 0.25) is 0 Å². The Balaban J connectivity index is 1.55. The molecule has 7 heteroatoms. The van der Waals surface area contributed by atoms with Gasteiger partial charge in [-0.25, -0.2) is 4.39 Å². The van der Waals surface area contributed by atoms with Gasteiger partial charge in [0.05, 0.1) is 0 Å². The predicted molar refractivity (Wildman–Crippen MR) is 108 cm³/mol. The average molecular weight is 378 g/mol. The third kappa shape index (κ3) is 4.71. The van der Waals surface area contributed by atoms with Crippen LogP contribution in [-0.2, 0) is 4.74 Å². The Labute approximate surface area is 162 Å². The Bertz CT molecular complexity index is 620. The second kappa shape index (κ2) is 8.89. The highest BCUT2D eigenvalue weighted by atomic mass is 19.1. The summed E-state index contributed by atoms with van der Waals surface area (Å²) in [6, 6.07) is 6.75. The number of nitrogens with zero attached hydrogens (tertiary/aromatic N) is 4. The lowest BCUT2D eigenvalue weighted by Gasteiger charge is -2.44. The first-order valence-corrected chi connectivity index (χ1v) is 9.75. The molecule has 0 amide bonds. The van der Waals surface area contributed by atoms with Gasteiger partial charge in [-0.15, -0.1) is 0 Å². The molecule has 0 aromatic heterocycles. The van der Waals surface area contributed by atoms with Gasteiger partial charge < -0.3 is 24.8 Å². The summed E-state index contributed by atoms with van der Waals surface area (Å²) in [6.45, 7) is 6.10. The van der Waals surface area contributed by atoms with Crippen LogP contribution in [0.15, 0.2) is 29.3 Å². The summed E-state index contributed by atoms with van der Waals surface area (Å²) < 4.78 is 18.7. The largest absolute Gasteiger partial charge is 0.381 e. The third-order valence-corrected chi connectivity index (χ3v) is 5.93. The average Bonchev–Trinajstić information content (AvgIpc) is 2.70. The Morgan fingerprint density at radius 1 is 1.15 bits per heavy atom. The van der Waals surface area contributed by atoms with E-state index >= 15 is 0 Å². The smallest absolute Gasteiger partial charge is 0.193 e. The highest BCUT2D eigenvalue weighted by Crippen LogP contribution is 2.25. The Hall–Kier alpha value is -1.86. The summed E-state index contributed by atoms with van der Waals surface area (Å²) in [5, 5.41) is 3.60. The molecule has 2 saturated heterocycles. The van der Waals surface area contributed by atoms with Gasteiger partial charge in [-0.3, -0.25) is 4.99 Å². The van der Waals surface area contributed by atoms with Crippen molar-refractivity contribution in [3.63, 3.8) is 0 Å². The van der Waals surface area contributed by atoms with Crippen LogP contribution in [0.5, 0.6) is 0 Å². The number of guanidine groups is 1. The first kappa shape index (κ1) is 19.9. The molecule has 150 valence electrons. The highest BCUT2D eigenvalue weighted by molar-refractivity contribution is 5.80. The summed E-state index contributed by atoms with van der Waals surface area (Å²) >= 11 is 0. The summed E-state index contributed by atoms with van der Waals surface area (Å²) in [5.41, 5.74) is 1.19.